The summed E-state index contributed by atoms with van der Waals surface area (Å²) in [6.45, 7) is 3.16. The predicted octanol–water partition coefficient (Wildman–Crippen LogP) is 1.38. The quantitative estimate of drug-likeness (QED) is 0.590. The molecule has 0 heterocycles. The maximum absolute atomic E-state index is 12.9. The Hall–Kier alpha value is -1.12. The fourth-order valence-corrected chi connectivity index (χ4v) is 2.40. The summed E-state index contributed by atoms with van der Waals surface area (Å²) in [5, 5.41) is 2.96. The zero-order chi connectivity index (χ0) is 14.5. The van der Waals surface area contributed by atoms with Crippen LogP contribution in [0.15, 0.2) is 17.0 Å². The summed E-state index contributed by atoms with van der Waals surface area (Å²) in [5.74, 6) is -4.77. The standard InChI is InChI=1S/C11H15F3N2O2S/c1-2-3-15-4-5-16-19(17,18)8-6-9(12)11(14)10(13)7-8/h6-7,15-16H,2-5H2,1H3. The number of nitrogens with one attached hydrogen (secondary N) is 2. The SMILES string of the molecule is CCCNCCNS(=O)(=O)c1cc(F)c(F)c(F)c1. The first kappa shape index (κ1) is 15.9. The summed E-state index contributed by atoms with van der Waals surface area (Å²) in [6.07, 6.45) is 0.904. The Kier molecular flexibility index (Phi) is 5.77. The van der Waals surface area contributed by atoms with Crippen LogP contribution in [0.2, 0.25) is 0 Å². The van der Waals surface area contributed by atoms with E-state index in [0.717, 1.165) is 13.0 Å². The van der Waals surface area contributed by atoms with Gasteiger partial charge in [-0.2, -0.15) is 0 Å². The van der Waals surface area contributed by atoms with Gasteiger partial charge in [0.2, 0.25) is 10.0 Å². The molecule has 0 unspecified atom stereocenters. The van der Waals surface area contributed by atoms with E-state index in [1.54, 1.807) is 0 Å². The number of hydrogen-bond acceptors (Lipinski definition) is 3. The highest BCUT2D eigenvalue weighted by atomic mass is 32.2. The molecule has 0 bridgehead atoms. The van der Waals surface area contributed by atoms with E-state index in [4.69, 9.17) is 0 Å². The van der Waals surface area contributed by atoms with Crippen molar-refractivity contribution in [2.24, 2.45) is 0 Å². The first-order chi connectivity index (χ1) is 8.88. The molecule has 4 nitrogen and oxygen atoms in total. The fraction of sp³-hybridized carbons (Fsp3) is 0.455. The Labute approximate surface area is 110 Å². The molecule has 0 atom stereocenters. The highest BCUT2D eigenvalue weighted by Crippen LogP contribution is 2.17. The maximum Gasteiger partial charge on any atom is 0.240 e. The topological polar surface area (TPSA) is 58.2 Å². The van der Waals surface area contributed by atoms with Gasteiger partial charge in [0.25, 0.3) is 0 Å². The van der Waals surface area contributed by atoms with Crippen LogP contribution in [0.5, 0.6) is 0 Å². The Morgan fingerprint density at radius 3 is 2.16 bits per heavy atom. The first-order valence-electron chi connectivity index (χ1n) is 5.73. The van der Waals surface area contributed by atoms with Crippen molar-refractivity contribution in [2.45, 2.75) is 18.2 Å². The van der Waals surface area contributed by atoms with Gasteiger partial charge in [-0.05, 0) is 25.1 Å². The molecule has 1 rings (SSSR count). The molecule has 1 aromatic carbocycles. The number of hydrogen-bond donors (Lipinski definition) is 2. The lowest BCUT2D eigenvalue weighted by molar-refractivity contribution is 0.442. The maximum atomic E-state index is 12.9. The molecule has 0 aliphatic carbocycles. The number of sulfonamides is 1. The summed E-state index contributed by atoms with van der Waals surface area (Å²) >= 11 is 0. The van der Waals surface area contributed by atoms with Crippen LogP contribution < -0.4 is 10.0 Å². The third-order valence-corrected chi connectivity index (χ3v) is 3.73. The van der Waals surface area contributed by atoms with E-state index >= 15 is 0 Å². The van der Waals surface area contributed by atoms with E-state index in [9.17, 15) is 21.6 Å². The average Bonchev–Trinajstić information content (AvgIpc) is 2.35. The molecular formula is C11H15F3N2O2S. The van der Waals surface area contributed by atoms with E-state index < -0.39 is 32.4 Å². The zero-order valence-electron chi connectivity index (χ0n) is 10.3. The lowest BCUT2D eigenvalue weighted by Crippen LogP contribution is -2.32. The molecule has 0 aliphatic heterocycles. The number of benzene rings is 1. The van der Waals surface area contributed by atoms with Crippen LogP contribution in [-0.4, -0.2) is 28.1 Å². The minimum Gasteiger partial charge on any atom is -0.315 e. The number of rotatable bonds is 7. The van der Waals surface area contributed by atoms with Gasteiger partial charge in [0, 0.05) is 13.1 Å². The summed E-state index contributed by atoms with van der Waals surface area (Å²) in [6, 6.07) is 0.889. The summed E-state index contributed by atoms with van der Waals surface area (Å²) < 4.78 is 64.1. The molecule has 19 heavy (non-hydrogen) atoms. The Morgan fingerprint density at radius 1 is 1.05 bits per heavy atom. The Morgan fingerprint density at radius 2 is 1.63 bits per heavy atom. The van der Waals surface area contributed by atoms with Crippen molar-refractivity contribution in [1.29, 1.82) is 0 Å². The van der Waals surface area contributed by atoms with Crippen LogP contribution in [0.1, 0.15) is 13.3 Å². The molecule has 0 amide bonds. The molecule has 2 N–H and O–H groups in total. The zero-order valence-corrected chi connectivity index (χ0v) is 11.2. The second-order valence-electron chi connectivity index (χ2n) is 3.85. The third kappa shape index (κ3) is 4.48. The molecule has 0 aliphatic rings. The van der Waals surface area contributed by atoms with Gasteiger partial charge in [-0.25, -0.2) is 26.3 Å². The summed E-state index contributed by atoms with van der Waals surface area (Å²) in [7, 11) is -4.05. The molecule has 0 aromatic heterocycles. The van der Waals surface area contributed by atoms with Crippen LogP contribution in [0.4, 0.5) is 13.2 Å². The monoisotopic (exact) mass is 296 g/mol. The van der Waals surface area contributed by atoms with Crippen LogP contribution in [0, 0.1) is 17.5 Å². The minimum atomic E-state index is -4.05. The smallest absolute Gasteiger partial charge is 0.240 e. The molecule has 0 radical (unpaired) electrons. The van der Waals surface area contributed by atoms with E-state index in [0.29, 0.717) is 18.7 Å². The lowest BCUT2D eigenvalue weighted by atomic mass is 10.3. The van der Waals surface area contributed by atoms with Crippen molar-refractivity contribution >= 4 is 10.0 Å². The van der Waals surface area contributed by atoms with Gasteiger partial charge < -0.3 is 5.32 Å². The molecular weight excluding hydrogens is 281 g/mol. The average molecular weight is 296 g/mol. The van der Waals surface area contributed by atoms with Crippen molar-refractivity contribution in [1.82, 2.24) is 10.0 Å². The van der Waals surface area contributed by atoms with E-state index in [2.05, 4.69) is 10.0 Å². The largest absolute Gasteiger partial charge is 0.315 e. The van der Waals surface area contributed by atoms with E-state index in [-0.39, 0.29) is 6.54 Å². The summed E-state index contributed by atoms with van der Waals surface area (Å²) in [4.78, 5) is -0.639. The van der Waals surface area contributed by atoms with Gasteiger partial charge >= 0.3 is 0 Å². The molecule has 108 valence electrons. The van der Waals surface area contributed by atoms with Gasteiger partial charge in [0.15, 0.2) is 17.5 Å². The fourth-order valence-electron chi connectivity index (χ4n) is 1.35. The molecule has 0 saturated heterocycles. The first-order valence-corrected chi connectivity index (χ1v) is 7.21. The van der Waals surface area contributed by atoms with Crippen LogP contribution in [0.3, 0.4) is 0 Å². The van der Waals surface area contributed by atoms with Crippen LogP contribution in [-0.2, 0) is 10.0 Å². The van der Waals surface area contributed by atoms with Gasteiger partial charge in [-0.3, -0.25) is 0 Å². The third-order valence-electron chi connectivity index (χ3n) is 2.29. The van der Waals surface area contributed by atoms with Gasteiger partial charge in [0.05, 0.1) is 4.90 Å². The molecule has 0 fully saturated rings. The van der Waals surface area contributed by atoms with Gasteiger partial charge in [0.1, 0.15) is 0 Å². The summed E-state index contributed by atoms with van der Waals surface area (Å²) in [5.41, 5.74) is 0. The molecule has 1 aromatic rings. The van der Waals surface area contributed by atoms with Crippen LogP contribution in [0.25, 0.3) is 0 Å². The van der Waals surface area contributed by atoms with Crippen molar-refractivity contribution in [3.8, 4) is 0 Å². The second-order valence-corrected chi connectivity index (χ2v) is 5.62. The van der Waals surface area contributed by atoms with Gasteiger partial charge in [-0.15, -0.1) is 0 Å². The lowest BCUT2D eigenvalue weighted by Gasteiger charge is -2.08. The van der Waals surface area contributed by atoms with Crippen molar-refractivity contribution in [2.75, 3.05) is 19.6 Å². The van der Waals surface area contributed by atoms with Crippen molar-refractivity contribution in [3.63, 3.8) is 0 Å². The highest BCUT2D eigenvalue weighted by molar-refractivity contribution is 7.89. The van der Waals surface area contributed by atoms with E-state index in [1.165, 1.54) is 0 Å². The Bertz CT molecular complexity index is 512. The highest BCUT2D eigenvalue weighted by Gasteiger charge is 2.19. The molecule has 0 saturated carbocycles. The molecule has 0 spiro atoms. The predicted molar refractivity (Wildman–Crippen MR) is 64.7 cm³/mol. The van der Waals surface area contributed by atoms with E-state index in [1.807, 2.05) is 6.92 Å². The minimum absolute atomic E-state index is 0.0724. The Balaban J connectivity index is 2.72. The van der Waals surface area contributed by atoms with Crippen LogP contribution >= 0.6 is 0 Å². The molecule has 8 heteroatoms. The van der Waals surface area contributed by atoms with Crippen molar-refractivity contribution in [3.05, 3.63) is 29.6 Å². The normalized spacial score (nSPS) is 11.8. The number of halogens is 3. The van der Waals surface area contributed by atoms with Gasteiger partial charge in [-0.1, -0.05) is 6.92 Å². The second kappa shape index (κ2) is 6.88. The van der Waals surface area contributed by atoms with Crippen molar-refractivity contribution < 1.29 is 21.6 Å².